The Labute approximate surface area is 127 Å². The van der Waals surface area contributed by atoms with Crippen molar-refractivity contribution in [2.75, 3.05) is 26.2 Å². The molecule has 0 aliphatic carbocycles. The SMILES string of the molecule is CC(C(=O)O)c1ccc(CN2CCN(C(C)C)CC2)cc1. The minimum absolute atomic E-state index is 0.436. The van der Waals surface area contributed by atoms with Crippen LogP contribution in [0.2, 0.25) is 0 Å². The molecule has 0 radical (unpaired) electrons. The van der Waals surface area contributed by atoms with E-state index in [0.717, 1.165) is 38.3 Å². The zero-order valence-electron chi connectivity index (χ0n) is 13.2. The lowest BCUT2D eigenvalue weighted by atomic mass is 10.00. The summed E-state index contributed by atoms with van der Waals surface area (Å²) in [6.07, 6.45) is 0. The molecule has 1 heterocycles. The van der Waals surface area contributed by atoms with Crippen LogP contribution in [0.5, 0.6) is 0 Å². The molecule has 2 rings (SSSR count). The Morgan fingerprint density at radius 1 is 1.10 bits per heavy atom. The average molecular weight is 290 g/mol. The number of piperazine rings is 1. The van der Waals surface area contributed by atoms with Crippen molar-refractivity contribution in [2.45, 2.75) is 39.3 Å². The molecule has 1 atom stereocenters. The Bertz CT molecular complexity index is 462. The molecule has 0 spiro atoms. The monoisotopic (exact) mass is 290 g/mol. The summed E-state index contributed by atoms with van der Waals surface area (Å²) in [6, 6.07) is 8.63. The minimum atomic E-state index is -0.771. The van der Waals surface area contributed by atoms with E-state index in [1.54, 1.807) is 6.92 Å². The number of nitrogens with zero attached hydrogens (tertiary/aromatic N) is 2. The van der Waals surface area contributed by atoms with E-state index in [1.807, 2.05) is 12.1 Å². The first kappa shape index (κ1) is 16.0. The first-order valence-corrected chi connectivity index (χ1v) is 7.75. The number of hydrogen-bond donors (Lipinski definition) is 1. The van der Waals surface area contributed by atoms with Gasteiger partial charge in [0.1, 0.15) is 0 Å². The Balaban J connectivity index is 1.88. The van der Waals surface area contributed by atoms with E-state index in [4.69, 9.17) is 5.11 Å². The maximum Gasteiger partial charge on any atom is 0.310 e. The number of rotatable bonds is 5. The van der Waals surface area contributed by atoms with Crippen LogP contribution in [-0.2, 0) is 11.3 Å². The van der Waals surface area contributed by atoms with Gasteiger partial charge in [0.2, 0.25) is 0 Å². The molecule has 1 aromatic rings. The highest BCUT2D eigenvalue weighted by Crippen LogP contribution is 2.17. The van der Waals surface area contributed by atoms with Gasteiger partial charge in [0.15, 0.2) is 0 Å². The van der Waals surface area contributed by atoms with E-state index >= 15 is 0 Å². The number of carboxylic acids is 1. The standard InChI is InChI=1S/C17H26N2O2/c1-13(2)19-10-8-18(9-11-19)12-15-4-6-16(7-5-15)14(3)17(20)21/h4-7,13-14H,8-12H2,1-3H3,(H,20,21). The van der Waals surface area contributed by atoms with Crippen molar-refractivity contribution >= 4 is 5.97 Å². The summed E-state index contributed by atoms with van der Waals surface area (Å²) in [5.74, 6) is -1.21. The predicted molar refractivity (Wildman–Crippen MR) is 84.5 cm³/mol. The van der Waals surface area contributed by atoms with Gasteiger partial charge in [0.05, 0.1) is 5.92 Å². The van der Waals surface area contributed by atoms with E-state index in [0.29, 0.717) is 6.04 Å². The molecule has 1 N–H and O–H groups in total. The first-order chi connectivity index (χ1) is 9.97. The van der Waals surface area contributed by atoms with E-state index in [-0.39, 0.29) is 0 Å². The Morgan fingerprint density at radius 3 is 2.14 bits per heavy atom. The summed E-state index contributed by atoms with van der Waals surface area (Å²) in [5.41, 5.74) is 2.13. The van der Waals surface area contributed by atoms with Gasteiger partial charge in [-0.05, 0) is 31.9 Å². The van der Waals surface area contributed by atoms with Gasteiger partial charge in [0.25, 0.3) is 0 Å². The predicted octanol–water partition coefficient (Wildman–Crippen LogP) is 2.40. The summed E-state index contributed by atoms with van der Waals surface area (Å²) >= 11 is 0. The zero-order chi connectivity index (χ0) is 15.4. The third kappa shape index (κ3) is 4.29. The fourth-order valence-corrected chi connectivity index (χ4v) is 2.75. The summed E-state index contributed by atoms with van der Waals surface area (Å²) in [5, 5.41) is 9.02. The molecular formula is C17H26N2O2. The third-order valence-electron chi connectivity index (χ3n) is 4.39. The van der Waals surface area contributed by atoms with E-state index in [1.165, 1.54) is 5.56 Å². The van der Waals surface area contributed by atoms with Crippen LogP contribution in [-0.4, -0.2) is 53.1 Å². The van der Waals surface area contributed by atoms with Crippen molar-refractivity contribution in [1.29, 1.82) is 0 Å². The largest absolute Gasteiger partial charge is 0.481 e. The van der Waals surface area contributed by atoms with Crippen molar-refractivity contribution < 1.29 is 9.90 Å². The number of carbonyl (C=O) groups is 1. The number of benzene rings is 1. The van der Waals surface area contributed by atoms with Crippen LogP contribution in [0.15, 0.2) is 24.3 Å². The smallest absolute Gasteiger partial charge is 0.310 e. The molecule has 0 aromatic heterocycles. The Hall–Kier alpha value is -1.39. The van der Waals surface area contributed by atoms with E-state index < -0.39 is 11.9 Å². The molecule has 1 aliphatic heterocycles. The average Bonchev–Trinajstić information content (AvgIpc) is 2.47. The molecule has 0 amide bonds. The molecule has 1 fully saturated rings. The van der Waals surface area contributed by atoms with Gasteiger partial charge < -0.3 is 5.11 Å². The van der Waals surface area contributed by atoms with E-state index in [9.17, 15) is 4.79 Å². The molecular weight excluding hydrogens is 264 g/mol. The lowest BCUT2D eigenvalue weighted by molar-refractivity contribution is -0.138. The van der Waals surface area contributed by atoms with Gasteiger partial charge in [0, 0.05) is 38.8 Å². The maximum atomic E-state index is 11.0. The number of aliphatic carboxylic acids is 1. The summed E-state index contributed by atoms with van der Waals surface area (Å²) in [4.78, 5) is 15.9. The summed E-state index contributed by atoms with van der Waals surface area (Å²) in [6.45, 7) is 11.6. The molecule has 4 heteroatoms. The van der Waals surface area contributed by atoms with Crippen molar-refractivity contribution in [3.63, 3.8) is 0 Å². The highest BCUT2D eigenvalue weighted by atomic mass is 16.4. The molecule has 0 saturated carbocycles. The van der Waals surface area contributed by atoms with Gasteiger partial charge in [-0.25, -0.2) is 0 Å². The fourth-order valence-electron chi connectivity index (χ4n) is 2.75. The topological polar surface area (TPSA) is 43.8 Å². The van der Waals surface area contributed by atoms with Crippen molar-refractivity contribution in [1.82, 2.24) is 9.80 Å². The molecule has 4 nitrogen and oxygen atoms in total. The van der Waals surface area contributed by atoms with Crippen LogP contribution in [0.1, 0.15) is 37.8 Å². The van der Waals surface area contributed by atoms with Crippen LogP contribution in [0.25, 0.3) is 0 Å². The van der Waals surface area contributed by atoms with Crippen LogP contribution in [0.4, 0.5) is 0 Å². The maximum absolute atomic E-state index is 11.0. The Kier molecular flexibility index (Phi) is 5.37. The van der Waals surface area contributed by atoms with Crippen LogP contribution >= 0.6 is 0 Å². The third-order valence-corrected chi connectivity index (χ3v) is 4.39. The number of hydrogen-bond acceptors (Lipinski definition) is 3. The Morgan fingerprint density at radius 2 is 1.67 bits per heavy atom. The highest BCUT2D eigenvalue weighted by Gasteiger charge is 2.19. The molecule has 21 heavy (non-hydrogen) atoms. The molecule has 1 aliphatic rings. The molecule has 0 bridgehead atoms. The normalized spacial score (nSPS) is 18.9. The van der Waals surface area contributed by atoms with Crippen molar-refractivity contribution in [3.05, 3.63) is 35.4 Å². The van der Waals surface area contributed by atoms with Gasteiger partial charge in [-0.2, -0.15) is 0 Å². The molecule has 116 valence electrons. The van der Waals surface area contributed by atoms with Crippen LogP contribution in [0.3, 0.4) is 0 Å². The second-order valence-corrected chi connectivity index (χ2v) is 6.21. The van der Waals surface area contributed by atoms with E-state index in [2.05, 4.69) is 35.8 Å². The second kappa shape index (κ2) is 7.05. The van der Waals surface area contributed by atoms with Crippen LogP contribution < -0.4 is 0 Å². The summed E-state index contributed by atoms with van der Waals surface area (Å²) in [7, 11) is 0. The second-order valence-electron chi connectivity index (χ2n) is 6.21. The highest BCUT2D eigenvalue weighted by molar-refractivity contribution is 5.75. The zero-order valence-corrected chi connectivity index (χ0v) is 13.2. The number of carboxylic acid groups (broad SMARTS) is 1. The first-order valence-electron chi connectivity index (χ1n) is 7.75. The van der Waals surface area contributed by atoms with Gasteiger partial charge >= 0.3 is 5.97 Å². The van der Waals surface area contributed by atoms with Crippen molar-refractivity contribution in [2.24, 2.45) is 0 Å². The van der Waals surface area contributed by atoms with Gasteiger partial charge in [-0.1, -0.05) is 24.3 Å². The lowest BCUT2D eigenvalue weighted by Gasteiger charge is -2.36. The van der Waals surface area contributed by atoms with Gasteiger partial charge in [-0.3, -0.25) is 14.6 Å². The quantitative estimate of drug-likeness (QED) is 0.904. The minimum Gasteiger partial charge on any atom is -0.481 e. The summed E-state index contributed by atoms with van der Waals surface area (Å²) < 4.78 is 0. The molecule has 1 saturated heterocycles. The lowest BCUT2D eigenvalue weighted by Crippen LogP contribution is -2.48. The van der Waals surface area contributed by atoms with Gasteiger partial charge in [-0.15, -0.1) is 0 Å². The fraction of sp³-hybridized carbons (Fsp3) is 0.588. The van der Waals surface area contributed by atoms with Crippen molar-refractivity contribution in [3.8, 4) is 0 Å². The molecule has 1 unspecified atom stereocenters. The van der Waals surface area contributed by atoms with Crippen LogP contribution in [0, 0.1) is 0 Å². The molecule has 1 aromatic carbocycles.